The molecule has 0 fully saturated rings. The second-order valence-electron chi connectivity index (χ2n) is 3.67. The van der Waals surface area contributed by atoms with Crippen LogP contribution in [0.4, 0.5) is 0 Å². The van der Waals surface area contributed by atoms with E-state index in [9.17, 15) is 5.11 Å². The van der Waals surface area contributed by atoms with Crippen LogP contribution in [0.15, 0.2) is 61.2 Å². The standard InChI is InChI=1S/C15H14O2/c1-2-11-17-15-9-5-13(6-10-15)12-3-7-14(16)8-4-12/h2-10,16H,1,11H2. The molecule has 17 heavy (non-hydrogen) atoms. The van der Waals surface area contributed by atoms with Crippen molar-refractivity contribution < 1.29 is 9.84 Å². The van der Waals surface area contributed by atoms with Crippen molar-refractivity contribution >= 4 is 0 Å². The third kappa shape index (κ3) is 2.88. The zero-order valence-corrected chi connectivity index (χ0v) is 9.47. The van der Waals surface area contributed by atoms with Gasteiger partial charge in [-0.05, 0) is 35.4 Å². The Kier molecular flexibility index (Phi) is 3.46. The molecule has 0 saturated carbocycles. The smallest absolute Gasteiger partial charge is 0.119 e. The van der Waals surface area contributed by atoms with Gasteiger partial charge in [0.05, 0.1) is 0 Å². The van der Waals surface area contributed by atoms with Gasteiger partial charge in [-0.2, -0.15) is 0 Å². The normalized spacial score (nSPS) is 9.88. The Bertz CT molecular complexity index is 483. The minimum Gasteiger partial charge on any atom is -0.508 e. The molecule has 2 heteroatoms. The summed E-state index contributed by atoms with van der Waals surface area (Å²) in [6.07, 6.45) is 1.72. The summed E-state index contributed by atoms with van der Waals surface area (Å²) in [6, 6.07) is 15.0. The van der Waals surface area contributed by atoms with Gasteiger partial charge in [0.1, 0.15) is 18.1 Å². The molecule has 2 aromatic rings. The Morgan fingerprint density at radius 1 is 0.941 bits per heavy atom. The molecule has 0 unspecified atom stereocenters. The van der Waals surface area contributed by atoms with Crippen LogP contribution in [0.2, 0.25) is 0 Å². The van der Waals surface area contributed by atoms with Crippen LogP contribution in [0.5, 0.6) is 11.5 Å². The van der Waals surface area contributed by atoms with Gasteiger partial charge in [-0.15, -0.1) is 0 Å². The Hall–Kier alpha value is -2.22. The summed E-state index contributed by atoms with van der Waals surface area (Å²) in [7, 11) is 0. The van der Waals surface area contributed by atoms with Crippen molar-refractivity contribution in [2.45, 2.75) is 0 Å². The number of phenols is 1. The van der Waals surface area contributed by atoms with Gasteiger partial charge in [-0.1, -0.05) is 36.9 Å². The van der Waals surface area contributed by atoms with E-state index in [4.69, 9.17) is 4.74 Å². The molecule has 0 heterocycles. The first kappa shape index (κ1) is 11.3. The fourth-order valence-corrected chi connectivity index (χ4v) is 1.55. The molecule has 2 aromatic carbocycles. The lowest BCUT2D eigenvalue weighted by atomic mass is 10.1. The number of rotatable bonds is 4. The summed E-state index contributed by atoms with van der Waals surface area (Å²) in [5.41, 5.74) is 2.16. The Morgan fingerprint density at radius 2 is 1.47 bits per heavy atom. The van der Waals surface area contributed by atoms with Gasteiger partial charge in [-0.3, -0.25) is 0 Å². The molecular formula is C15H14O2. The predicted octanol–water partition coefficient (Wildman–Crippen LogP) is 3.62. The van der Waals surface area contributed by atoms with Crippen LogP contribution in [0, 0.1) is 0 Å². The van der Waals surface area contributed by atoms with E-state index >= 15 is 0 Å². The minimum atomic E-state index is 0.277. The third-order valence-corrected chi connectivity index (χ3v) is 2.42. The van der Waals surface area contributed by atoms with Crippen molar-refractivity contribution in [2.24, 2.45) is 0 Å². The maximum atomic E-state index is 9.22. The van der Waals surface area contributed by atoms with E-state index in [1.807, 2.05) is 36.4 Å². The van der Waals surface area contributed by atoms with Crippen LogP contribution in [0.1, 0.15) is 0 Å². The summed E-state index contributed by atoms with van der Waals surface area (Å²) in [6.45, 7) is 4.11. The first-order valence-electron chi connectivity index (χ1n) is 5.43. The van der Waals surface area contributed by atoms with Crippen molar-refractivity contribution in [3.63, 3.8) is 0 Å². The lowest BCUT2D eigenvalue weighted by Crippen LogP contribution is -1.91. The van der Waals surface area contributed by atoms with Gasteiger partial charge in [0.25, 0.3) is 0 Å². The predicted molar refractivity (Wildman–Crippen MR) is 69.2 cm³/mol. The van der Waals surface area contributed by atoms with Gasteiger partial charge in [0, 0.05) is 0 Å². The molecule has 0 aliphatic heterocycles. The van der Waals surface area contributed by atoms with Crippen LogP contribution >= 0.6 is 0 Å². The molecule has 0 spiro atoms. The molecular weight excluding hydrogens is 212 g/mol. The lowest BCUT2D eigenvalue weighted by Gasteiger charge is -2.05. The van der Waals surface area contributed by atoms with Gasteiger partial charge < -0.3 is 9.84 Å². The van der Waals surface area contributed by atoms with Gasteiger partial charge in [-0.25, -0.2) is 0 Å². The fourth-order valence-electron chi connectivity index (χ4n) is 1.55. The molecule has 2 nitrogen and oxygen atoms in total. The topological polar surface area (TPSA) is 29.5 Å². The molecule has 0 amide bonds. The largest absolute Gasteiger partial charge is 0.508 e. The first-order valence-corrected chi connectivity index (χ1v) is 5.43. The Labute approximate surface area is 101 Å². The van der Waals surface area contributed by atoms with Crippen molar-refractivity contribution in [3.05, 3.63) is 61.2 Å². The summed E-state index contributed by atoms with van der Waals surface area (Å²) in [5, 5.41) is 9.22. The molecule has 0 aliphatic rings. The maximum absolute atomic E-state index is 9.22. The van der Waals surface area contributed by atoms with Gasteiger partial charge >= 0.3 is 0 Å². The second-order valence-corrected chi connectivity index (χ2v) is 3.67. The van der Waals surface area contributed by atoms with Crippen LogP contribution in [-0.4, -0.2) is 11.7 Å². The van der Waals surface area contributed by atoms with Gasteiger partial charge in [0.15, 0.2) is 0 Å². The van der Waals surface area contributed by atoms with Crippen molar-refractivity contribution in [2.75, 3.05) is 6.61 Å². The van der Waals surface area contributed by atoms with Crippen LogP contribution in [0.3, 0.4) is 0 Å². The molecule has 0 radical (unpaired) electrons. The van der Waals surface area contributed by atoms with E-state index in [0.29, 0.717) is 6.61 Å². The molecule has 2 rings (SSSR count). The second kappa shape index (κ2) is 5.21. The van der Waals surface area contributed by atoms with E-state index in [-0.39, 0.29) is 5.75 Å². The summed E-state index contributed by atoms with van der Waals surface area (Å²) in [4.78, 5) is 0. The van der Waals surface area contributed by atoms with Crippen LogP contribution in [0.25, 0.3) is 11.1 Å². The zero-order valence-electron chi connectivity index (χ0n) is 9.47. The van der Waals surface area contributed by atoms with Crippen LogP contribution < -0.4 is 4.74 Å². The monoisotopic (exact) mass is 226 g/mol. The van der Waals surface area contributed by atoms with Crippen LogP contribution in [-0.2, 0) is 0 Å². The molecule has 0 saturated heterocycles. The molecule has 0 atom stereocenters. The summed E-state index contributed by atoms with van der Waals surface area (Å²) < 4.78 is 5.41. The summed E-state index contributed by atoms with van der Waals surface area (Å²) >= 11 is 0. The first-order chi connectivity index (χ1) is 8.29. The number of ether oxygens (including phenoxy) is 1. The van der Waals surface area contributed by atoms with Crippen molar-refractivity contribution in [1.82, 2.24) is 0 Å². The highest BCUT2D eigenvalue weighted by Gasteiger charge is 1.98. The fraction of sp³-hybridized carbons (Fsp3) is 0.0667. The average molecular weight is 226 g/mol. The van der Waals surface area contributed by atoms with E-state index < -0.39 is 0 Å². The Balaban J connectivity index is 2.17. The number of hydrogen-bond donors (Lipinski definition) is 1. The highest BCUT2D eigenvalue weighted by atomic mass is 16.5. The summed E-state index contributed by atoms with van der Waals surface area (Å²) in [5.74, 6) is 1.10. The van der Waals surface area contributed by atoms with E-state index in [1.54, 1.807) is 18.2 Å². The number of hydrogen-bond acceptors (Lipinski definition) is 2. The number of aromatic hydroxyl groups is 1. The molecule has 0 aromatic heterocycles. The molecule has 86 valence electrons. The molecule has 0 aliphatic carbocycles. The SMILES string of the molecule is C=CCOc1ccc(-c2ccc(O)cc2)cc1. The van der Waals surface area contributed by atoms with Crippen molar-refractivity contribution in [1.29, 1.82) is 0 Å². The van der Waals surface area contributed by atoms with Gasteiger partial charge in [0.2, 0.25) is 0 Å². The molecule has 0 bridgehead atoms. The quantitative estimate of drug-likeness (QED) is 0.807. The highest BCUT2D eigenvalue weighted by molar-refractivity contribution is 5.64. The Morgan fingerprint density at radius 3 is 2.00 bits per heavy atom. The third-order valence-electron chi connectivity index (χ3n) is 2.42. The minimum absolute atomic E-state index is 0.277. The average Bonchev–Trinajstić information content (AvgIpc) is 2.38. The maximum Gasteiger partial charge on any atom is 0.119 e. The van der Waals surface area contributed by atoms with E-state index in [2.05, 4.69) is 6.58 Å². The van der Waals surface area contributed by atoms with E-state index in [0.717, 1.165) is 16.9 Å². The number of benzene rings is 2. The van der Waals surface area contributed by atoms with E-state index in [1.165, 1.54) is 0 Å². The zero-order chi connectivity index (χ0) is 12.1. The molecule has 1 N–H and O–H groups in total. The number of phenolic OH excluding ortho intramolecular Hbond substituents is 1. The highest BCUT2D eigenvalue weighted by Crippen LogP contribution is 2.24. The van der Waals surface area contributed by atoms with Crippen molar-refractivity contribution in [3.8, 4) is 22.6 Å². The lowest BCUT2D eigenvalue weighted by molar-refractivity contribution is 0.363.